The van der Waals surface area contributed by atoms with E-state index in [1.54, 1.807) is 6.92 Å². The Hall–Kier alpha value is -1.32. The van der Waals surface area contributed by atoms with Gasteiger partial charge in [-0.1, -0.05) is 12.1 Å². The zero-order valence-electron chi connectivity index (χ0n) is 11.7. The van der Waals surface area contributed by atoms with E-state index in [0.29, 0.717) is 23.1 Å². The summed E-state index contributed by atoms with van der Waals surface area (Å²) in [6.07, 6.45) is 4.63. The van der Waals surface area contributed by atoms with Crippen molar-refractivity contribution in [2.75, 3.05) is 7.05 Å². The Kier molecular flexibility index (Phi) is 3.73. The summed E-state index contributed by atoms with van der Waals surface area (Å²) < 4.78 is 5.07. The molecule has 0 aliphatic heterocycles. The molecule has 1 aromatic heterocycles. The second-order valence-corrected chi connectivity index (χ2v) is 5.53. The molecule has 0 radical (unpaired) electrons. The molecular formula is C14H22N2O2. The van der Waals surface area contributed by atoms with Gasteiger partial charge in [0.25, 0.3) is 5.91 Å². The summed E-state index contributed by atoms with van der Waals surface area (Å²) in [6.45, 7) is 5.90. The van der Waals surface area contributed by atoms with Crippen LogP contribution in [-0.4, -0.2) is 29.1 Å². The summed E-state index contributed by atoms with van der Waals surface area (Å²) in [7, 11) is 1.90. The minimum Gasteiger partial charge on any atom is -0.361 e. The molecule has 0 unspecified atom stereocenters. The van der Waals surface area contributed by atoms with E-state index in [0.717, 1.165) is 18.8 Å². The van der Waals surface area contributed by atoms with E-state index in [2.05, 4.69) is 12.1 Å². The number of amides is 1. The van der Waals surface area contributed by atoms with Gasteiger partial charge < -0.3 is 9.42 Å². The lowest BCUT2D eigenvalue weighted by atomic mass is 9.86. The molecule has 0 aromatic carbocycles. The Labute approximate surface area is 108 Å². The molecule has 0 saturated heterocycles. The second kappa shape index (κ2) is 5.12. The Balaban J connectivity index is 2.09. The largest absolute Gasteiger partial charge is 0.361 e. The van der Waals surface area contributed by atoms with E-state index in [9.17, 15) is 4.79 Å². The topological polar surface area (TPSA) is 46.3 Å². The van der Waals surface area contributed by atoms with Crippen molar-refractivity contribution in [2.24, 2.45) is 5.92 Å². The van der Waals surface area contributed by atoms with Crippen LogP contribution in [0.25, 0.3) is 0 Å². The highest BCUT2D eigenvalue weighted by molar-refractivity contribution is 5.96. The van der Waals surface area contributed by atoms with Crippen LogP contribution in [0.3, 0.4) is 0 Å². The average molecular weight is 250 g/mol. The molecule has 1 aliphatic rings. The molecule has 18 heavy (non-hydrogen) atoms. The molecule has 1 amide bonds. The second-order valence-electron chi connectivity index (χ2n) is 5.53. The predicted molar refractivity (Wildman–Crippen MR) is 69.5 cm³/mol. The Morgan fingerprint density at radius 1 is 1.28 bits per heavy atom. The first-order valence-corrected chi connectivity index (χ1v) is 6.70. The van der Waals surface area contributed by atoms with Crippen LogP contribution in [0.5, 0.6) is 0 Å². The molecule has 2 rings (SSSR count). The molecule has 1 aliphatic carbocycles. The maximum atomic E-state index is 12.5. The summed E-state index contributed by atoms with van der Waals surface area (Å²) >= 11 is 0. The van der Waals surface area contributed by atoms with Crippen molar-refractivity contribution in [3.63, 3.8) is 0 Å². The first-order valence-electron chi connectivity index (χ1n) is 6.70. The van der Waals surface area contributed by atoms with Crippen molar-refractivity contribution in [3.05, 3.63) is 17.0 Å². The van der Waals surface area contributed by atoms with Crippen molar-refractivity contribution in [2.45, 2.75) is 52.5 Å². The van der Waals surface area contributed by atoms with Gasteiger partial charge in [-0.2, -0.15) is 0 Å². The third kappa shape index (κ3) is 2.42. The van der Waals surface area contributed by atoms with Gasteiger partial charge >= 0.3 is 0 Å². The minimum atomic E-state index is 0.0470. The fraction of sp³-hybridized carbons (Fsp3) is 0.714. The number of hydrogen-bond donors (Lipinski definition) is 0. The molecular weight excluding hydrogens is 228 g/mol. The van der Waals surface area contributed by atoms with Crippen LogP contribution >= 0.6 is 0 Å². The predicted octanol–water partition coefficient (Wildman–Crippen LogP) is 2.94. The van der Waals surface area contributed by atoms with Gasteiger partial charge in [0, 0.05) is 13.1 Å². The fourth-order valence-corrected chi connectivity index (χ4v) is 2.76. The number of rotatable bonds is 2. The number of nitrogens with zero attached hydrogens (tertiary/aromatic N) is 2. The molecule has 1 aromatic rings. The summed E-state index contributed by atoms with van der Waals surface area (Å²) in [4.78, 5) is 14.3. The lowest BCUT2D eigenvalue weighted by molar-refractivity contribution is 0.0677. The highest BCUT2D eigenvalue weighted by atomic mass is 16.5. The highest BCUT2D eigenvalue weighted by Crippen LogP contribution is 2.28. The van der Waals surface area contributed by atoms with E-state index in [1.165, 1.54) is 12.8 Å². The Bertz CT molecular complexity index is 412. The van der Waals surface area contributed by atoms with Gasteiger partial charge in [0.1, 0.15) is 11.3 Å². The van der Waals surface area contributed by atoms with Crippen molar-refractivity contribution < 1.29 is 9.32 Å². The molecule has 1 heterocycles. The van der Waals surface area contributed by atoms with Gasteiger partial charge in [-0.3, -0.25) is 4.79 Å². The lowest BCUT2D eigenvalue weighted by Crippen LogP contribution is -2.39. The normalized spacial score (nSPS) is 24.0. The smallest absolute Gasteiger partial charge is 0.259 e. The summed E-state index contributed by atoms with van der Waals surface area (Å²) in [5, 5.41) is 3.85. The van der Waals surface area contributed by atoms with Crippen molar-refractivity contribution >= 4 is 5.91 Å². The molecule has 0 atom stereocenters. The van der Waals surface area contributed by atoms with Gasteiger partial charge in [0.05, 0.1) is 5.69 Å². The first kappa shape index (κ1) is 13.1. The Morgan fingerprint density at radius 3 is 2.39 bits per heavy atom. The highest BCUT2D eigenvalue weighted by Gasteiger charge is 2.28. The zero-order valence-corrected chi connectivity index (χ0v) is 11.7. The summed E-state index contributed by atoms with van der Waals surface area (Å²) in [5.74, 6) is 1.46. The summed E-state index contributed by atoms with van der Waals surface area (Å²) in [6, 6.07) is 0.363. The lowest BCUT2D eigenvalue weighted by Gasteiger charge is -2.33. The van der Waals surface area contributed by atoms with Crippen LogP contribution in [0.15, 0.2) is 4.52 Å². The van der Waals surface area contributed by atoms with Crippen LogP contribution in [0, 0.1) is 19.8 Å². The van der Waals surface area contributed by atoms with Crippen molar-refractivity contribution in [1.82, 2.24) is 10.1 Å². The van der Waals surface area contributed by atoms with E-state index in [1.807, 2.05) is 18.9 Å². The fourth-order valence-electron chi connectivity index (χ4n) is 2.76. The number of carbonyl (C=O) groups is 1. The van der Waals surface area contributed by atoms with Crippen LogP contribution in [0.2, 0.25) is 0 Å². The molecule has 0 spiro atoms. The maximum Gasteiger partial charge on any atom is 0.259 e. The number of carbonyl (C=O) groups excluding carboxylic acids is 1. The van der Waals surface area contributed by atoms with Gasteiger partial charge in [0.2, 0.25) is 0 Å². The molecule has 0 N–H and O–H groups in total. The SMILES string of the molecule is Cc1noc(C)c1C(=O)N(C)C1CCC(C)CC1. The maximum absolute atomic E-state index is 12.5. The third-order valence-electron chi connectivity index (χ3n) is 4.10. The molecule has 1 fully saturated rings. The molecule has 100 valence electrons. The molecule has 1 saturated carbocycles. The minimum absolute atomic E-state index is 0.0470. The first-order chi connectivity index (χ1) is 8.50. The van der Waals surface area contributed by atoms with Gasteiger partial charge in [-0.25, -0.2) is 0 Å². The number of aryl methyl sites for hydroxylation is 2. The number of hydrogen-bond acceptors (Lipinski definition) is 3. The van der Waals surface area contributed by atoms with Crippen LogP contribution in [0.1, 0.15) is 54.4 Å². The van der Waals surface area contributed by atoms with Gasteiger partial charge in [-0.05, 0) is 45.4 Å². The van der Waals surface area contributed by atoms with E-state index in [4.69, 9.17) is 4.52 Å². The van der Waals surface area contributed by atoms with Gasteiger partial charge in [0.15, 0.2) is 0 Å². The van der Waals surface area contributed by atoms with E-state index in [-0.39, 0.29) is 5.91 Å². The Morgan fingerprint density at radius 2 is 1.89 bits per heavy atom. The monoisotopic (exact) mass is 250 g/mol. The van der Waals surface area contributed by atoms with Crippen molar-refractivity contribution in [3.8, 4) is 0 Å². The zero-order chi connectivity index (χ0) is 13.3. The molecule has 4 nitrogen and oxygen atoms in total. The van der Waals surface area contributed by atoms with E-state index < -0.39 is 0 Å². The van der Waals surface area contributed by atoms with E-state index >= 15 is 0 Å². The van der Waals surface area contributed by atoms with Crippen molar-refractivity contribution in [1.29, 1.82) is 0 Å². The van der Waals surface area contributed by atoms with Crippen LogP contribution in [0.4, 0.5) is 0 Å². The average Bonchev–Trinajstić information content (AvgIpc) is 2.68. The molecule has 4 heteroatoms. The van der Waals surface area contributed by atoms with Crippen LogP contribution in [-0.2, 0) is 0 Å². The van der Waals surface area contributed by atoms with Gasteiger partial charge in [-0.15, -0.1) is 0 Å². The van der Waals surface area contributed by atoms with Crippen LogP contribution < -0.4 is 0 Å². The third-order valence-corrected chi connectivity index (χ3v) is 4.10. The quantitative estimate of drug-likeness (QED) is 0.810. The standard InChI is InChI=1S/C14H22N2O2/c1-9-5-7-12(8-6-9)16(4)14(17)13-10(2)15-18-11(13)3/h9,12H,5-8H2,1-4H3. The summed E-state index contributed by atoms with van der Waals surface area (Å²) in [5.41, 5.74) is 1.32. The number of aromatic nitrogens is 1. The molecule has 0 bridgehead atoms.